The van der Waals surface area contributed by atoms with Gasteiger partial charge in [-0.3, -0.25) is 0 Å². The van der Waals surface area contributed by atoms with E-state index in [2.05, 4.69) is 5.16 Å². The van der Waals surface area contributed by atoms with Crippen molar-refractivity contribution in [1.29, 1.82) is 0 Å². The highest BCUT2D eigenvalue weighted by atomic mass is 16.6. The van der Waals surface area contributed by atoms with Gasteiger partial charge in [0.2, 0.25) is 0 Å². The Balaban J connectivity index is 2.85. The largest absolute Gasteiger partial charge is 0.497 e. The lowest BCUT2D eigenvalue weighted by Gasteiger charge is -2.06. The molecule has 0 aromatic heterocycles. The van der Waals surface area contributed by atoms with E-state index >= 15 is 0 Å². The van der Waals surface area contributed by atoms with Crippen LogP contribution in [0.1, 0.15) is 12.5 Å². The monoisotopic (exact) mass is 224 g/mol. The Morgan fingerprint density at radius 2 is 2.19 bits per heavy atom. The van der Waals surface area contributed by atoms with Crippen molar-refractivity contribution in [2.24, 2.45) is 5.16 Å². The summed E-state index contributed by atoms with van der Waals surface area (Å²) in [6.07, 6.45) is 0. The number of hydrogen-bond acceptors (Lipinski definition) is 5. The van der Waals surface area contributed by atoms with Gasteiger partial charge in [0.05, 0.1) is 19.4 Å². The van der Waals surface area contributed by atoms with Crippen molar-refractivity contribution >= 4 is 11.4 Å². The molecule has 0 spiro atoms. The van der Waals surface area contributed by atoms with E-state index in [1.807, 2.05) is 6.07 Å². The van der Waals surface area contributed by atoms with Crippen LogP contribution < -0.4 is 10.5 Å². The number of aliphatic hydroxyl groups excluding tert-OH is 1. The van der Waals surface area contributed by atoms with Gasteiger partial charge in [0.25, 0.3) is 0 Å². The molecule has 0 saturated carbocycles. The quantitative estimate of drug-likeness (QED) is 0.339. The summed E-state index contributed by atoms with van der Waals surface area (Å²) in [6, 6.07) is 5.33. The number of oxime groups is 1. The van der Waals surface area contributed by atoms with Crippen LogP contribution in [0.5, 0.6) is 5.75 Å². The Kier molecular flexibility index (Phi) is 4.60. The normalized spacial score (nSPS) is 11.3. The van der Waals surface area contributed by atoms with Gasteiger partial charge in [0.1, 0.15) is 12.4 Å². The number of aliphatic hydroxyl groups is 1. The summed E-state index contributed by atoms with van der Waals surface area (Å²) in [4.78, 5) is 4.87. The number of ether oxygens (including phenoxy) is 1. The maximum absolute atomic E-state index is 8.54. The van der Waals surface area contributed by atoms with Crippen LogP contribution in [0.3, 0.4) is 0 Å². The lowest BCUT2D eigenvalue weighted by atomic mass is 10.1. The molecule has 1 aromatic rings. The maximum Gasteiger partial charge on any atom is 0.140 e. The molecule has 0 bridgehead atoms. The van der Waals surface area contributed by atoms with Crippen molar-refractivity contribution in [1.82, 2.24) is 0 Å². The average molecular weight is 224 g/mol. The Hall–Kier alpha value is -1.75. The topological polar surface area (TPSA) is 77.1 Å². The van der Waals surface area contributed by atoms with Crippen molar-refractivity contribution in [2.45, 2.75) is 6.92 Å². The molecule has 0 radical (unpaired) electrons. The van der Waals surface area contributed by atoms with E-state index in [1.165, 1.54) is 0 Å². The van der Waals surface area contributed by atoms with E-state index in [9.17, 15) is 0 Å². The smallest absolute Gasteiger partial charge is 0.140 e. The number of benzene rings is 1. The molecule has 5 heteroatoms. The maximum atomic E-state index is 8.54. The van der Waals surface area contributed by atoms with Crippen molar-refractivity contribution in [3.05, 3.63) is 23.8 Å². The van der Waals surface area contributed by atoms with Gasteiger partial charge in [-0.05, 0) is 19.1 Å². The Morgan fingerprint density at radius 1 is 1.44 bits per heavy atom. The molecule has 0 saturated heterocycles. The number of hydrogen-bond donors (Lipinski definition) is 2. The molecular weight excluding hydrogens is 208 g/mol. The van der Waals surface area contributed by atoms with Crippen LogP contribution in [0.25, 0.3) is 0 Å². The van der Waals surface area contributed by atoms with Crippen LogP contribution >= 0.6 is 0 Å². The molecule has 1 aromatic carbocycles. The number of nitrogen functional groups attached to an aromatic ring is 1. The SMILES string of the molecule is COc1cc(N)cc(C(C)=NOCCO)c1. The zero-order chi connectivity index (χ0) is 12.0. The second kappa shape index (κ2) is 5.97. The molecule has 0 heterocycles. The van der Waals surface area contributed by atoms with E-state index in [-0.39, 0.29) is 13.2 Å². The molecule has 0 unspecified atom stereocenters. The Bertz CT molecular complexity index is 377. The van der Waals surface area contributed by atoms with Gasteiger partial charge < -0.3 is 20.4 Å². The van der Waals surface area contributed by atoms with E-state index in [1.54, 1.807) is 26.2 Å². The standard InChI is InChI=1S/C11H16N2O3/c1-8(13-16-4-3-14)9-5-10(12)7-11(6-9)15-2/h5-7,14H,3-4,12H2,1-2H3. The number of methoxy groups -OCH3 is 1. The predicted octanol–water partition coefficient (Wildman–Crippen LogP) is 1.01. The first-order valence-electron chi connectivity index (χ1n) is 4.89. The van der Waals surface area contributed by atoms with E-state index in [0.29, 0.717) is 17.1 Å². The third kappa shape index (κ3) is 3.43. The average Bonchev–Trinajstić information content (AvgIpc) is 2.28. The summed E-state index contributed by atoms with van der Waals surface area (Å²) >= 11 is 0. The third-order valence-electron chi connectivity index (χ3n) is 1.97. The predicted molar refractivity (Wildman–Crippen MR) is 62.7 cm³/mol. The fourth-order valence-electron chi connectivity index (χ4n) is 1.18. The van der Waals surface area contributed by atoms with Gasteiger partial charge in [0, 0.05) is 17.3 Å². The molecular formula is C11H16N2O3. The van der Waals surface area contributed by atoms with Crippen molar-refractivity contribution < 1.29 is 14.7 Å². The molecule has 88 valence electrons. The van der Waals surface area contributed by atoms with E-state index in [0.717, 1.165) is 5.56 Å². The minimum Gasteiger partial charge on any atom is -0.497 e. The van der Waals surface area contributed by atoms with Gasteiger partial charge in [-0.2, -0.15) is 0 Å². The molecule has 0 aliphatic heterocycles. The zero-order valence-corrected chi connectivity index (χ0v) is 9.43. The van der Waals surface area contributed by atoms with Crippen LogP contribution in [-0.4, -0.2) is 31.1 Å². The van der Waals surface area contributed by atoms with E-state index < -0.39 is 0 Å². The van der Waals surface area contributed by atoms with Gasteiger partial charge in [-0.1, -0.05) is 5.16 Å². The summed E-state index contributed by atoms with van der Waals surface area (Å²) in [5.74, 6) is 0.673. The lowest BCUT2D eigenvalue weighted by molar-refractivity contribution is 0.0986. The van der Waals surface area contributed by atoms with Gasteiger partial charge >= 0.3 is 0 Å². The van der Waals surface area contributed by atoms with Crippen molar-refractivity contribution in [3.63, 3.8) is 0 Å². The summed E-state index contributed by atoms with van der Waals surface area (Å²) < 4.78 is 5.10. The zero-order valence-electron chi connectivity index (χ0n) is 9.43. The molecule has 1 rings (SSSR count). The molecule has 0 aliphatic carbocycles. The summed E-state index contributed by atoms with van der Waals surface area (Å²) in [5.41, 5.74) is 7.82. The van der Waals surface area contributed by atoms with Crippen molar-refractivity contribution in [3.8, 4) is 5.75 Å². The second-order valence-corrected chi connectivity index (χ2v) is 3.23. The fourth-order valence-corrected chi connectivity index (χ4v) is 1.18. The third-order valence-corrected chi connectivity index (χ3v) is 1.97. The first-order chi connectivity index (χ1) is 7.67. The number of nitrogens with two attached hydrogens (primary N) is 1. The van der Waals surface area contributed by atoms with Crippen LogP contribution in [0.4, 0.5) is 5.69 Å². The number of rotatable bonds is 5. The van der Waals surface area contributed by atoms with Crippen LogP contribution in [0.2, 0.25) is 0 Å². The van der Waals surface area contributed by atoms with Gasteiger partial charge in [0.15, 0.2) is 0 Å². The molecule has 0 fully saturated rings. The molecule has 3 N–H and O–H groups in total. The molecule has 5 nitrogen and oxygen atoms in total. The van der Waals surface area contributed by atoms with Crippen LogP contribution in [-0.2, 0) is 4.84 Å². The number of nitrogens with zero attached hydrogens (tertiary/aromatic N) is 1. The molecule has 0 aliphatic rings. The molecule has 0 amide bonds. The highest BCUT2D eigenvalue weighted by molar-refractivity contribution is 5.99. The number of anilines is 1. The van der Waals surface area contributed by atoms with Gasteiger partial charge in [-0.15, -0.1) is 0 Å². The Morgan fingerprint density at radius 3 is 2.81 bits per heavy atom. The first kappa shape index (κ1) is 12.3. The minimum atomic E-state index is -0.0585. The highest BCUT2D eigenvalue weighted by Gasteiger charge is 2.02. The summed E-state index contributed by atoms with van der Waals surface area (Å²) in [7, 11) is 1.58. The molecule has 16 heavy (non-hydrogen) atoms. The summed E-state index contributed by atoms with van der Waals surface area (Å²) in [6.45, 7) is 1.92. The summed E-state index contributed by atoms with van der Waals surface area (Å²) in [5, 5.41) is 12.4. The second-order valence-electron chi connectivity index (χ2n) is 3.23. The van der Waals surface area contributed by atoms with Gasteiger partial charge in [-0.25, -0.2) is 0 Å². The fraction of sp³-hybridized carbons (Fsp3) is 0.364. The Labute approximate surface area is 94.5 Å². The van der Waals surface area contributed by atoms with E-state index in [4.69, 9.17) is 20.4 Å². The lowest BCUT2D eigenvalue weighted by Crippen LogP contribution is -2.01. The van der Waals surface area contributed by atoms with Crippen LogP contribution in [0.15, 0.2) is 23.4 Å². The minimum absolute atomic E-state index is 0.0585. The highest BCUT2D eigenvalue weighted by Crippen LogP contribution is 2.19. The van der Waals surface area contributed by atoms with Crippen molar-refractivity contribution in [2.75, 3.05) is 26.1 Å². The van der Waals surface area contributed by atoms with Crippen LogP contribution in [0, 0.1) is 0 Å². The first-order valence-corrected chi connectivity index (χ1v) is 4.89. The molecule has 0 atom stereocenters.